The maximum Gasteiger partial charge on any atom is 0.242 e. The average molecular weight is 377 g/mol. The van der Waals surface area contributed by atoms with Crippen LogP contribution in [0.1, 0.15) is 0 Å². The SMILES string of the molecule is COCC(Cl)CNS(=O)(=O)c1ccc(Br)cc1Cl. The van der Waals surface area contributed by atoms with Gasteiger partial charge in [-0.3, -0.25) is 0 Å². The summed E-state index contributed by atoms with van der Waals surface area (Å²) in [6, 6.07) is 4.55. The quantitative estimate of drug-likeness (QED) is 0.776. The second-order valence-corrected chi connectivity index (χ2v) is 7.15. The molecule has 4 nitrogen and oxygen atoms in total. The summed E-state index contributed by atoms with van der Waals surface area (Å²) >= 11 is 14.9. The Labute approximate surface area is 125 Å². The molecule has 1 rings (SSSR count). The van der Waals surface area contributed by atoms with Gasteiger partial charge in [0.15, 0.2) is 0 Å². The Morgan fingerprint density at radius 3 is 2.72 bits per heavy atom. The van der Waals surface area contributed by atoms with Crippen molar-refractivity contribution in [2.45, 2.75) is 10.3 Å². The van der Waals surface area contributed by atoms with Gasteiger partial charge in [0.2, 0.25) is 10.0 Å². The molecule has 0 radical (unpaired) electrons. The van der Waals surface area contributed by atoms with Gasteiger partial charge in [0.25, 0.3) is 0 Å². The number of hydrogen-bond acceptors (Lipinski definition) is 3. The van der Waals surface area contributed by atoms with Crippen molar-refractivity contribution in [1.29, 1.82) is 0 Å². The molecule has 0 aliphatic heterocycles. The summed E-state index contributed by atoms with van der Waals surface area (Å²) in [6.07, 6.45) is 0. The number of rotatable bonds is 6. The summed E-state index contributed by atoms with van der Waals surface area (Å²) < 4.78 is 31.8. The van der Waals surface area contributed by atoms with Crippen LogP contribution in [-0.4, -0.2) is 34.1 Å². The Hall–Kier alpha value is 0.150. The summed E-state index contributed by atoms with van der Waals surface area (Å²) in [6.45, 7) is 0.336. The maximum atomic E-state index is 12.0. The molecule has 1 atom stereocenters. The molecule has 0 aliphatic carbocycles. The molecule has 0 saturated heterocycles. The van der Waals surface area contributed by atoms with Crippen molar-refractivity contribution in [2.75, 3.05) is 20.3 Å². The fourth-order valence-electron chi connectivity index (χ4n) is 1.21. The monoisotopic (exact) mass is 375 g/mol. The molecule has 0 heterocycles. The van der Waals surface area contributed by atoms with Crippen LogP contribution in [0, 0.1) is 0 Å². The molecule has 0 amide bonds. The summed E-state index contributed by atoms with van der Waals surface area (Å²) in [5, 5.41) is -0.284. The van der Waals surface area contributed by atoms with Crippen LogP contribution < -0.4 is 4.72 Å². The first-order valence-electron chi connectivity index (χ1n) is 4.94. The van der Waals surface area contributed by atoms with Crippen molar-refractivity contribution >= 4 is 49.2 Å². The lowest BCUT2D eigenvalue weighted by molar-refractivity contribution is 0.198. The van der Waals surface area contributed by atoms with E-state index in [9.17, 15) is 8.42 Å². The van der Waals surface area contributed by atoms with E-state index in [4.69, 9.17) is 27.9 Å². The molecule has 0 spiro atoms. The van der Waals surface area contributed by atoms with Gasteiger partial charge in [-0.1, -0.05) is 27.5 Å². The molecule has 0 saturated carbocycles. The third kappa shape index (κ3) is 4.68. The first-order valence-corrected chi connectivity index (χ1v) is 8.03. The zero-order valence-electron chi connectivity index (χ0n) is 9.49. The number of benzene rings is 1. The third-order valence-corrected chi connectivity index (χ3v) is 4.71. The molecular weight excluding hydrogens is 365 g/mol. The van der Waals surface area contributed by atoms with E-state index in [1.807, 2.05) is 0 Å². The van der Waals surface area contributed by atoms with Gasteiger partial charge in [0.1, 0.15) is 4.90 Å². The highest BCUT2D eigenvalue weighted by Gasteiger charge is 2.19. The highest BCUT2D eigenvalue weighted by molar-refractivity contribution is 9.10. The van der Waals surface area contributed by atoms with Crippen LogP contribution in [0.15, 0.2) is 27.6 Å². The van der Waals surface area contributed by atoms with Crippen molar-refractivity contribution < 1.29 is 13.2 Å². The molecule has 1 aromatic rings. The van der Waals surface area contributed by atoms with Gasteiger partial charge in [0.05, 0.1) is 17.0 Å². The van der Waals surface area contributed by atoms with Gasteiger partial charge in [-0.05, 0) is 18.2 Å². The standard InChI is InChI=1S/C10H12BrCl2NO3S/c1-17-6-8(12)5-14-18(15,16)10-3-2-7(11)4-9(10)13/h2-4,8,14H,5-6H2,1H3. The maximum absolute atomic E-state index is 12.0. The van der Waals surface area contributed by atoms with Crippen LogP contribution in [-0.2, 0) is 14.8 Å². The minimum atomic E-state index is -3.66. The van der Waals surface area contributed by atoms with Gasteiger partial charge in [-0.25, -0.2) is 13.1 Å². The van der Waals surface area contributed by atoms with Crippen molar-refractivity contribution in [3.63, 3.8) is 0 Å². The van der Waals surface area contributed by atoms with Crippen LogP contribution in [0.4, 0.5) is 0 Å². The number of ether oxygens (including phenoxy) is 1. The Morgan fingerprint density at radius 2 is 2.17 bits per heavy atom. The van der Waals surface area contributed by atoms with E-state index < -0.39 is 15.4 Å². The van der Waals surface area contributed by atoms with Gasteiger partial charge >= 0.3 is 0 Å². The normalized spacial score (nSPS) is 13.6. The molecule has 1 N–H and O–H groups in total. The van der Waals surface area contributed by atoms with E-state index in [0.717, 1.165) is 0 Å². The van der Waals surface area contributed by atoms with Crippen LogP contribution >= 0.6 is 39.1 Å². The third-order valence-electron chi connectivity index (χ3n) is 2.03. The first-order chi connectivity index (χ1) is 8.36. The molecule has 1 aromatic carbocycles. The highest BCUT2D eigenvalue weighted by Crippen LogP contribution is 2.25. The molecule has 1 unspecified atom stereocenters. The number of hydrogen-bond donors (Lipinski definition) is 1. The molecule has 0 bridgehead atoms. The van der Waals surface area contributed by atoms with Gasteiger partial charge in [-0.2, -0.15) is 0 Å². The van der Waals surface area contributed by atoms with Gasteiger partial charge in [-0.15, -0.1) is 11.6 Å². The van der Waals surface area contributed by atoms with Crippen LogP contribution in [0.2, 0.25) is 5.02 Å². The fourth-order valence-corrected chi connectivity index (χ4v) is 3.62. The summed E-state index contributed by atoms with van der Waals surface area (Å²) in [5.74, 6) is 0. The fraction of sp³-hybridized carbons (Fsp3) is 0.400. The summed E-state index contributed by atoms with van der Waals surface area (Å²) in [5.41, 5.74) is 0. The molecule has 18 heavy (non-hydrogen) atoms. The topological polar surface area (TPSA) is 55.4 Å². The largest absolute Gasteiger partial charge is 0.383 e. The molecule has 8 heteroatoms. The Morgan fingerprint density at radius 1 is 1.50 bits per heavy atom. The van der Waals surface area contributed by atoms with E-state index in [0.29, 0.717) is 4.47 Å². The summed E-state index contributed by atoms with van der Waals surface area (Å²) in [7, 11) is -2.17. The minimum Gasteiger partial charge on any atom is -0.383 e. The molecule has 0 aromatic heterocycles. The second-order valence-electron chi connectivity index (χ2n) is 3.48. The molecule has 102 valence electrons. The van der Waals surface area contributed by atoms with Crippen LogP contribution in [0.25, 0.3) is 0 Å². The lowest BCUT2D eigenvalue weighted by atomic mass is 10.4. The molecule has 0 aliphatic rings. The average Bonchev–Trinajstić information content (AvgIpc) is 2.26. The number of sulfonamides is 1. The van der Waals surface area contributed by atoms with E-state index in [1.54, 1.807) is 6.07 Å². The van der Waals surface area contributed by atoms with Crippen LogP contribution in [0.3, 0.4) is 0 Å². The van der Waals surface area contributed by atoms with E-state index >= 15 is 0 Å². The first kappa shape index (κ1) is 16.2. The van der Waals surface area contributed by atoms with E-state index in [1.165, 1.54) is 19.2 Å². The van der Waals surface area contributed by atoms with Crippen molar-refractivity contribution in [1.82, 2.24) is 4.72 Å². The Balaban J connectivity index is 2.80. The van der Waals surface area contributed by atoms with Gasteiger partial charge < -0.3 is 4.74 Å². The lowest BCUT2D eigenvalue weighted by Gasteiger charge is -2.11. The number of methoxy groups -OCH3 is 1. The van der Waals surface area contributed by atoms with Crippen molar-refractivity contribution in [2.24, 2.45) is 0 Å². The van der Waals surface area contributed by atoms with Crippen molar-refractivity contribution in [3.8, 4) is 0 Å². The molecular formula is C10H12BrCl2NO3S. The molecule has 0 fully saturated rings. The zero-order chi connectivity index (χ0) is 13.8. The number of halogens is 3. The highest BCUT2D eigenvalue weighted by atomic mass is 79.9. The van der Waals surface area contributed by atoms with E-state index in [-0.39, 0.29) is 23.1 Å². The Bertz CT molecular complexity index is 510. The van der Waals surface area contributed by atoms with Crippen LogP contribution in [0.5, 0.6) is 0 Å². The van der Waals surface area contributed by atoms with Crippen molar-refractivity contribution in [3.05, 3.63) is 27.7 Å². The predicted molar refractivity (Wildman–Crippen MR) is 75.9 cm³/mol. The predicted octanol–water partition coefficient (Wildman–Crippen LogP) is 2.63. The van der Waals surface area contributed by atoms with Gasteiger partial charge in [0, 0.05) is 18.1 Å². The summed E-state index contributed by atoms with van der Waals surface area (Å²) in [4.78, 5) is 0.0219. The number of alkyl halides is 1. The van der Waals surface area contributed by atoms with E-state index in [2.05, 4.69) is 20.7 Å². The lowest BCUT2D eigenvalue weighted by Crippen LogP contribution is -2.31. The second kappa shape index (κ2) is 7.07. The smallest absolute Gasteiger partial charge is 0.242 e. The minimum absolute atomic E-state index is 0.0219. The zero-order valence-corrected chi connectivity index (χ0v) is 13.4. The number of nitrogens with one attached hydrogen (secondary N) is 1. The Kier molecular flexibility index (Phi) is 6.37.